The molecule has 5 rings (SSSR count). The lowest BCUT2D eigenvalue weighted by Gasteiger charge is -2.35. The van der Waals surface area contributed by atoms with Crippen molar-refractivity contribution >= 4 is 35.0 Å². The quantitative estimate of drug-likeness (QED) is 0.122. The standard InChI is InChI=1S/C40H51F3N6O5S/c1-23(26-11-13-27(14-12-26)34-24(2)46-22-55-34)47-37(53)32-18-28(50)21-49(32)38(54)35(39(3,4)5)48-33(51)10-8-6-7-9-15-44-19-25-16-29-30(20-45-36(29)52)31(17-25)40(41,42)43/h11-14,16-17,22-23,28,32,35,44,50H,6-10,15,18-21H2,1-5H3,(H,45,52)(H,47,53)(H,48,51)/t23-,28+,32-,35+/m0/s1. The zero-order chi connectivity index (χ0) is 40.1. The first-order chi connectivity index (χ1) is 25.9. The summed E-state index contributed by atoms with van der Waals surface area (Å²) in [7, 11) is 0. The number of carbonyl (C=O) groups excluding carboxylic acids is 4. The first-order valence-electron chi connectivity index (χ1n) is 18.7. The number of unbranched alkanes of at least 4 members (excludes halogenated alkanes) is 3. The molecule has 2 aliphatic rings. The van der Waals surface area contributed by atoms with Gasteiger partial charge in [0.05, 0.1) is 33.8 Å². The van der Waals surface area contributed by atoms with Crippen LogP contribution in [0.15, 0.2) is 41.9 Å². The number of aliphatic hydroxyl groups is 1. The Balaban J connectivity index is 1.07. The van der Waals surface area contributed by atoms with Gasteiger partial charge < -0.3 is 31.3 Å². The van der Waals surface area contributed by atoms with Gasteiger partial charge in [0.2, 0.25) is 17.7 Å². The molecule has 4 atom stereocenters. The molecule has 11 nitrogen and oxygen atoms in total. The monoisotopic (exact) mass is 784 g/mol. The van der Waals surface area contributed by atoms with Crippen LogP contribution in [0.5, 0.6) is 0 Å². The maximum atomic E-state index is 14.0. The second-order valence-electron chi connectivity index (χ2n) is 15.6. The average Bonchev–Trinajstić information content (AvgIpc) is 3.84. The lowest BCUT2D eigenvalue weighted by atomic mass is 9.85. The summed E-state index contributed by atoms with van der Waals surface area (Å²) in [5.74, 6) is -1.59. The van der Waals surface area contributed by atoms with Crippen molar-refractivity contribution in [3.8, 4) is 10.4 Å². The van der Waals surface area contributed by atoms with Gasteiger partial charge in [-0.15, -0.1) is 11.3 Å². The number of hydrogen-bond acceptors (Lipinski definition) is 8. The van der Waals surface area contributed by atoms with E-state index >= 15 is 0 Å². The van der Waals surface area contributed by atoms with Crippen LogP contribution in [0.1, 0.15) is 111 Å². The Labute approximate surface area is 323 Å². The molecular weight excluding hydrogens is 734 g/mol. The number of β-amino-alcohol motifs (C(OH)–C–C–N with tert-alkyl or cyclic N) is 1. The number of halogens is 3. The number of likely N-dealkylation sites (tertiary alicyclic amines) is 1. The molecule has 55 heavy (non-hydrogen) atoms. The van der Waals surface area contributed by atoms with Crippen LogP contribution in [0.4, 0.5) is 13.2 Å². The number of nitrogens with one attached hydrogen (secondary N) is 4. The highest BCUT2D eigenvalue weighted by Crippen LogP contribution is 2.36. The van der Waals surface area contributed by atoms with Gasteiger partial charge in [0, 0.05) is 38.0 Å². The van der Waals surface area contributed by atoms with Crippen molar-refractivity contribution in [1.82, 2.24) is 31.2 Å². The van der Waals surface area contributed by atoms with Gasteiger partial charge in [-0.1, -0.05) is 57.9 Å². The second-order valence-corrected chi connectivity index (χ2v) is 16.4. The highest BCUT2D eigenvalue weighted by atomic mass is 32.1. The second kappa shape index (κ2) is 17.6. The van der Waals surface area contributed by atoms with E-state index in [1.807, 2.05) is 58.9 Å². The molecule has 0 radical (unpaired) electrons. The Kier molecular flexibility index (Phi) is 13.4. The van der Waals surface area contributed by atoms with E-state index in [-0.39, 0.29) is 61.5 Å². The maximum absolute atomic E-state index is 14.0. The van der Waals surface area contributed by atoms with Crippen molar-refractivity contribution in [2.24, 2.45) is 5.41 Å². The van der Waals surface area contributed by atoms with Gasteiger partial charge in [-0.2, -0.15) is 13.2 Å². The number of amides is 4. The molecule has 0 bridgehead atoms. The van der Waals surface area contributed by atoms with E-state index in [2.05, 4.69) is 26.3 Å². The van der Waals surface area contributed by atoms with Gasteiger partial charge in [-0.25, -0.2) is 4.98 Å². The van der Waals surface area contributed by atoms with E-state index in [1.165, 1.54) is 11.0 Å². The van der Waals surface area contributed by atoms with Crippen molar-refractivity contribution in [3.05, 3.63) is 75.4 Å². The van der Waals surface area contributed by atoms with Crippen molar-refractivity contribution < 1.29 is 37.5 Å². The van der Waals surface area contributed by atoms with Crippen molar-refractivity contribution in [2.75, 3.05) is 13.1 Å². The van der Waals surface area contributed by atoms with E-state index in [0.29, 0.717) is 18.5 Å². The zero-order valence-electron chi connectivity index (χ0n) is 31.9. The number of aryl methyl sites for hydroxylation is 1. The van der Waals surface area contributed by atoms with Crippen molar-refractivity contribution in [1.29, 1.82) is 0 Å². The summed E-state index contributed by atoms with van der Waals surface area (Å²) >= 11 is 1.56. The SMILES string of the molecule is Cc1ncsc1-c1ccc([C@H](C)NC(=O)[C@@H]2C[C@@H](O)CN2C(=O)[C@@H](NC(=O)CCCCCCNCc2cc3c(c(C(F)(F)F)c2)CNC3=O)C(C)(C)C)cc1. The molecule has 1 saturated heterocycles. The fourth-order valence-corrected chi connectivity index (χ4v) is 7.93. The molecule has 5 N–H and O–H groups in total. The smallest absolute Gasteiger partial charge is 0.391 e. The summed E-state index contributed by atoms with van der Waals surface area (Å²) in [5.41, 5.74) is 3.65. The third kappa shape index (κ3) is 10.5. The summed E-state index contributed by atoms with van der Waals surface area (Å²) in [5, 5.41) is 22.1. The minimum atomic E-state index is -4.55. The van der Waals surface area contributed by atoms with Crippen molar-refractivity contribution in [3.63, 3.8) is 0 Å². The number of carbonyl (C=O) groups is 4. The molecular formula is C40H51F3N6O5S. The van der Waals surface area contributed by atoms with Crippen LogP contribution in [0.3, 0.4) is 0 Å². The highest BCUT2D eigenvalue weighted by molar-refractivity contribution is 7.13. The molecule has 1 aromatic heterocycles. The lowest BCUT2D eigenvalue weighted by Crippen LogP contribution is -2.57. The topological polar surface area (TPSA) is 153 Å². The largest absolute Gasteiger partial charge is 0.416 e. The third-order valence-electron chi connectivity index (χ3n) is 10.2. The summed E-state index contributed by atoms with van der Waals surface area (Å²) in [6.45, 7) is 9.93. The van der Waals surface area contributed by atoms with E-state index in [0.717, 1.165) is 47.0 Å². The molecule has 298 valence electrons. The predicted molar refractivity (Wildman–Crippen MR) is 204 cm³/mol. The summed E-state index contributed by atoms with van der Waals surface area (Å²) in [6.07, 6.45) is -2.34. The molecule has 3 heterocycles. The van der Waals surface area contributed by atoms with Crippen LogP contribution >= 0.6 is 11.3 Å². The number of benzene rings is 2. The Bertz CT molecular complexity index is 1860. The van der Waals surface area contributed by atoms with Crippen LogP contribution in [0.2, 0.25) is 0 Å². The zero-order valence-corrected chi connectivity index (χ0v) is 32.8. The minimum Gasteiger partial charge on any atom is -0.391 e. The number of thiazole rings is 1. The van der Waals surface area contributed by atoms with E-state index in [4.69, 9.17) is 0 Å². The summed E-state index contributed by atoms with van der Waals surface area (Å²) in [4.78, 5) is 59.4. The summed E-state index contributed by atoms with van der Waals surface area (Å²) < 4.78 is 40.7. The fraction of sp³-hybridized carbons (Fsp3) is 0.525. The number of hydrogen-bond donors (Lipinski definition) is 5. The highest BCUT2D eigenvalue weighted by Gasteiger charge is 2.45. The maximum Gasteiger partial charge on any atom is 0.416 e. The average molecular weight is 785 g/mol. The van der Waals surface area contributed by atoms with Crippen LogP contribution < -0.4 is 21.3 Å². The predicted octanol–water partition coefficient (Wildman–Crippen LogP) is 5.79. The number of aliphatic hydroxyl groups excluding tert-OH is 1. The molecule has 15 heteroatoms. The van der Waals surface area contributed by atoms with Gasteiger partial charge >= 0.3 is 6.18 Å². The van der Waals surface area contributed by atoms with Crippen LogP contribution in [-0.2, 0) is 33.6 Å². The Hall–Kier alpha value is -4.34. The molecule has 3 aromatic rings. The first-order valence-corrected chi connectivity index (χ1v) is 19.6. The molecule has 0 spiro atoms. The van der Waals surface area contributed by atoms with Crippen molar-refractivity contribution in [2.45, 2.75) is 117 Å². The number of fused-ring (bicyclic) bond motifs is 1. The molecule has 2 aromatic carbocycles. The first kappa shape index (κ1) is 41.8. The fourth-order valence-electron chi connectivity index (χ4n) is 7.11. The van der Waals surface area contributed by atoms with Gasteiger partial charge in [0.15, 0.2) is 0 Å². The normalized spacial score (nSPS) is 18.1. The number of rotatable bonds is 15. The van der Waals surface area contributed by atoms with Crippen LogP contribution in [0.25, 0.3) is 10.4 Å². The summed E-state index contributed by atoms with van der Waals surface area (Å²) in [6, 6.07) is 8.30. The Morgan fingerprint density at radius 2 is 1.76 bits per heavy atom. The number of aromatic nitrogens is 1. The van der Waals surface area contributed by atoms with Gasteiger partial charge in [0.1, 0.15) is 12.1 Å². The molecule has 0 aliphatic carbocycles. The lowest BCUT2D eigenvalue weighted by molar-refractivity contribution is -0.144. The van der Waals surface area contributed by atoms with Gasteiger partial charge in [-0.3, -0.25) is 19.2 Å². The van der Waals surface area contributed by atoms with E-state index in [1.54, 1.807) is 16.8 Å². The van der Waals surface area contributed by atoms with E-state index < -0.39 is 47.2 Å². The van der Waals surface area contributed by atoms with Gasteiger partial charge in [0.25, 0.3) is 5.91 Å². The molecule has 0 saturated carbocycles. The molecule has 1 fully saturated rings. The van der Waals surface area contributed by atoms with Crippen LogP contribution in [0, 0.1) is 12.3 Å². The molecule has 4 amide bonds. The number of nitrogens with zero attached hydrogens (tertiary/aromatic N) is 2. The van der Waals surface area contributed by atoms with Gasteiger partial charge in [-0.05, 0) is 73.0 Å². The molecule has 2 aliphatic heterocycles. The van der Waals surface area contributed by atoms with Crippen LogP contribution in [-0.4, -0.2) is 69.9 Å². The third-order valence-corrected chi connectivity index (χ3v) is 11.2. The number of alkyl halides is 3. The molecule has 0 unspecified atom stereocenters. The van der Waals surface area contributed by atoms with E-state index in [9.17, 15) is 37.5 Å². The minimum absolute atomic E-state index is 0.0170. The Morgan fingerprint density at radius 1 is 1.05 bits per heavy atom. The Morgan fingerprint density at radius 3 is 2.42 bits per heavy atom.